The van der Waals surface area contributed by atoms with Crippen molar-refractivity contribution in [1.29, 1.82) is 0 Å². The van der Waals surface area contributed by atoms with Gasteiger partial charge in [-0.2, -0.15) is 5.10 Å². The third-order valence-electron chi connectivity index (χ3n) is 4.03. The molecule has 0 spiro atoms. The lowest BCUT2D eigenvalue weighted by atomic mass is 10.1. The van der Waals surface area contributed by atoms with Crippen LogP contribution in [-0.2, 0) is 18.3 Å². The van der Waals surface area contributed by atoms with Crippen LogP contribution >= 0.6 is 12.4 Å². The van der Waals surface area contributed by atoms with Gasteiger partial charge in [0.2, 0.25) is 5.91 Å². The van der Waals surface area contributed by atoms with Crippen LogP contribution < -0.4 is 10.6 Å². The fourth-order valence-electron chi connectivity index (χ4n) is 2.83. The van der Waals surface area contributed by atoms with Crippen molar-refractivity contribution in [3.63, 3.8) is 0 Å². The number of aryl methyl sites for hydroxylation is 1. The molecule has 0 radical (unpaired) electrons. The van der Waals surface area contributed by atoms with Gasteiger partial charge in [-0.25, -0.2) is 4.39 Å². The van der Waals surface area contributed by atoms with Crippen LogP contribution in [0.4, 0.5) is 4.39 Å². The molecule has 1 aromatic carbocycles. The third kappa shape index (κ3) is 4.18. The topological polar surface area (TPSA) is 74.7 Å². The van der Waals surface area contributed by atoms with E-state index in [0.717, 1.165) is 22.0 Å². The lowest BCUT2D eigenvalue weighted by Gasteiger charge is -2.14. The highest BCUT2D eigenvalue weighted by molar-refractivity contribution is 5.85. The van der Waals surface area contributed by atoms with E-state index < -0.39 is 6.04 Å². The first kappa shape index (κ1) is 19.0. The summed E-state index contributed by atoms with van der Waals surface area (Å²) in [5.41, 5.74) is 2.63. The normalized spacial score (nSPS) is 12.0. The summed E-state index contributed by atoms with van der Waals surface area (Å²) in [5.74, 6) is -0.367. The summed E-state index contributed by atoms with van der Waals surface area (Å²) in [6, 6.07) is 4.23. The standard InChI is InChI=1S/C17H20FN5O.ClH/c1-19-16(12-9-22-23(2)10-12)17(24)20-6-5-11-8-21-15-7-13(18)3-4-14(11)15;/h3-4,7-10,16,19,21H,5-6H2,1-2H3,(H,20,24);1H. The quantitative estimate of drug-likeness (QED) is 0.626. The van der Waals surface area contributed by atoms with E-state index in [4.69, 9.17) is 0 Å². The highest BCUT2D eigenvalue weighted by Crippen LogP contribution is 2.19. The van der Waals surface area contributed by atoms with Gasteiger partial charge in [0.25, 0.3) is 0 Å². The maximum absolute atomic E-state index is 13.2. The van der Waals surface area contributed by atoms with E-state index in [2.05, 4.69) is 20.7 Å². The average molecular weight is 366 g/mol. The lowest BCUT2D eigenvalue weighted by Crippen LogP contribution is -2.36. The molecular weight excluding hydrogens is 345 g/mol. The minimum absolute atomic E-state index is 0. The predicted molar refractivity (Wildman–Crippen MR) is 97.2 cm³/mol. The Morgan fingerprint density at radius 2 is 2.24 bits per heavy atom. The van der Waals surface area contributed by atoms with Crippen LogP contribution in [0.3, 0.4) is 0 Å². The number of hydrogen-bond donors (Lipinski definition) is 3. The number of amides is 1. The summed E-state index contributed by atoms with van der Waals surface area (Å²) in [6.07, 6.45) is 6.01. The van der Waals surface area contributed by atoms with E-state index in [0.29, 0.717) is 13.0 Å². The zero-order valence-electron chi connectivity index (χ0n) is 14.0. The van der Waals surface area contributed by atoms with Crippen molar-refractivity contribution >= 4 is 29.2 Å². The summed E-state index contributed by atoms with van der Waals surface area (Å²) in [4.78, 5) is 15.4. The molecule has 8 heteroatoms. The number of H-pyrrole nitrogens is 1. The summed E-state index contributed by atoms with van der Waals surface area (Å²) in [5, 5.41) is 11.0. The van der Waals surface area contributed by atoms with Crippen molar-refractivity contribution in [1.82, 2.24) is 25.4 Å². The molecule has 0 aliphatic carbocycles. The highest BCUT2D eigenvalue weighted by atomic mass is 35.5. The summed E-state index contributed by atoms with van der Waals surface area (Å²) in [7, 11) is 3.55. The molecule has 3 aromatic rings. The number of benzene rings is 1. The van der Waals surface area contributed by atoms with Gasteiger partial charge in [0.1, 0.15) is 11.9 Å². The molecule has 0 aliphatic heterocycles. The summed E-state index contributed by atoms with van der Waals surface area (Å²) in [6.45, 7) is 0.502. The van der Waals surface area contributed by atoms with Crippen LogP contribution in [0.5, 0.6) is 0 Å². The highest BCUT2D eigenvalue weighted by Gasteiger charge is 2.19. The van der Waals surface area contributed by atoms with E-state index in [1.807, 2.05) is 19.4 Å². The lowest BCUT2D eigenvalue weighted by molar-refractivity contribution is -0.123. The second-order valence-electron chi connectivity index (χ2n) is 5.71. The van der Waals surface area contributed by atoms with Gasteiger partial charge in [-0.05, 0) is 37.2 Å². The molecule has 0 saturated carbocycles. The largest absolute Gasteiger partial charge is 0.361 e. The number of halogens is 2. The first-order valence-electron chi connectivity index (χ1n) is 7.77. The molecule has 134 valence electrons. The molecule has 25 heavy (non-hydrogen) atoms. The Kier molecular flexibility index (Phi) is 6.17. The third-order valence-corrected chi connectivity index (χ3v) is 4.03. The second kappa shape index (κ2) is 8.13. The van der Waals surface area contributed by atoms with Gasteiger partial charge < -0.3 is 15.6 Å². The number of fused-ring (bicyclic) bond motifs is 1. The minimum atomic E-state index is -0.434. The van der Waals surface area contributed by atoms with Crippen molar-refractivity contribution in [2.45, 2.75) is 12.5 Å². The zero-order chi connectivity index (χ0) is 17.1. The SMILES string of the molecule is CNC(C(=O)NCCc1c[nH]c2cc(F)ccc12)c1cnn(C)c1.Cl. The molecule has 1 amide bonds. The Morgan fingerprint density at radius 1 is 1.44 bits per heavy atom. The maximum atomic E-state index is 13.2. The van der Waals surface area contributed by atoms with Gasteiger partial charge in [0, 0.05) is 42.5 Å². The van der Waals surface area contributed by atoms with Crippen molar-refractivity contribution in [2.24, 2.45) is 7.05 Å². The molecule has 1 unspecified atom stereocenters. The van der Waals surface area contributed by atoms with E-state index in [1.165, 1.54) is 12.1 Å². The summed E-state index contributed by atoms with van der Waals surface area (Å²) >= 11 is 0. The average Bonchev–Trinajstić information content (AvgIpc) is 3.14. The van der Waals surface area contributed by atoms with Crippen molar-refractivity contribution in [3.05, 3.63) is 53.7 Å². The fraction of sp³-hybridized carbons (Fsp3) is 0.294. The first-order valence-corrected chi connectivity index (χ1v) is 7.77. The van der Waals surface area contributed by atoms with E-state index >= 15 is 0 Å². The predicted octanol–water partition coefficient (Wildman–Crippen LogP) is 2.08. The Bertz CT molecular complexity index is 860. The van der Waals surface area contributed by atoms with E-state index in [9.17, 15) is 9.18 Å². The van der Waals surface area contributed by atoms with Gasteiger partial charge in [-0.3, -0.25) is 9.48 Å². The van der Waals surface area contributed by atoms with Crippen molar-refractivity contribution < 1.29 is 9.18 Å². The number of carbonyl (C=O) groups excluding carboxylic acids is 1. The number of hydrogen-bond acceptors (Lipinski definition) is 3. The molecule has 1 atom stereocenters. The van der Waals surface area contributed by atoms with Crippen molar-refractivity contribution in [3.8, 4) is 0 Å². The van der Waals surface area contributed by atoms with Crippen LogP contribution in [-0.4, -0.2) is 34.3 Å². The van der Waals surface area contributed by atoms with E-state index in [1.54, 1.807) is 24.0 Å². The van der Waals surface area contributed by atoms with Crippen LogP contribution in [0.2, 0.25) is 0 Å². The van der Waals surface area contributed by atoms with Gasteiger partial charge in [0.15, 0.2) is 0 Å². The van der Waals surface area contributed by atoms with Gasteiger partial charge in [-0.15, -0.1) is 12.4 Å². The van der Waals surface area contributed by atoms with Gasteiger partial charge >= 0.3 is 0 Å². The summed E-state index contributed by atoms with van der Waals surface area (Å²) < 4.78 is 14.9. The molecular formula is C17H21ClFN5O. The molecule has 0 saturated heterocycles. The number of aromatic nitrogens is 3. The van der Waals surface area contributed by atoms with Crippen LogP contribution in [0.15, 0.2) is 36.8 Å². The Hall–Kier alpha value is -2.38. The van der Waals surface area contributed by atoms with Gasteiger partial charge in [0.05, 0.1) is 6.20 Å². The van der Waals surface area contributed by atoms with Crippen LogP contribution in [0, 0.1) is 5.82 Å². The minimum Gasteiger partial charge on any atom is -0.361 e. The van der Waals surface area contributed by atoms with Crippen LogP contribution in [0.1, 0.15) is 17.2 Å². The Morgan fingerprint density at radius 3 is 2.92 bits per heavy atom. The van der Waals surface area contributed by atoms with Crippen LogP contribution in [0.25, 0.3) is 10.9 Å². The Labute approximate surface area is 151 Å². The number of rotatable bonds is 6. The molecule has 3 N–H and O–H groups in total. The molecule has 0 fully saturated rings. The number of nitrogens with one attached hydrogen (secondary N) is 3. The first-order chi connectivity index (χ1) is 11.6. The Balaban J connectivity index is 0.00000225. The van der Waals surface area contributed by atoms with Crippen molar-refractivity contribution in [2.75, 3.05) is 13.6 Å². The molecule has 0 aliphatic rings. The number of likely N-dealkylation sites (N-methyl/N-ethyl adjacent to an activating group) is 1. The number of nitrogens with zero attached hydrogens (tertiary/aromatic N) is 2. The second-order valence-corrected chi connectivity index (χ2v) is 5.71. The number of aromatic amines is 1. The van der Waals surface area contributed by atoms with Gasteiger partial charge in [-0.1, -0.05) is 0 Å². The molecule has 3 rings (SSSR count). The molecule has 2 aromatic heterocycles. The van der Waals surface area contributed by atoms with E-state index in [-0.39, 0.29) is 24.1 Å². The fourth-order valence-corrected chi connectivity index (χ4v) is 2.83. The smallest absolute Gasteiger partial charge is 0.241 e. The molecule has 2 heterocycles. The monoisotopic (exact) mass is 365 g/mol. The maximum Gasteiger partial charge on any atom is 0.241 e. The molecule has 6 nitrogen and oxygen atoms in total. The molecule has 0 bridgehead atoms. The number of carbonyl (C=O) groups is 1. The zero-order valence-corrected chi connectivity index (χ0v) is 14.9.